The molecule has 1 saturated heterocycles. The average molecular weight is 153 g/mol. The van der Waals surface area contributed by atoms with Gasteiger partial charge in [0, 0.05) is 12.8 Å². The molecule has 1 fully saturated rings. The maximum absolute atomic E-state index is 10.8. The molecule has 0 saturated carbocycles. The Bertz CT molecular complexity index is 182. The lowest BCUT2D eigenvalue weighted by Crippen LogP contribution is -2.38. The fourth-order valence-corrected chi connectivity index (χ4v) is 1.26. The van der Waals surface area contributed by atoms with Crippen LogP contribution in [0.1, 0.15) is 19.3 Å². The van der Waals surface area contributed by atoms with Crippen LogP contribution in [-0.4, -0.2) is 11.8 Å². The predicted octanol–water partition coefficient (Wildman–Crippen LogP) is 0.615. The van der Waals surface area contributed by atoms with Crippen molar-refractivity contribution in [1.29, 1.82) is 0 Å². The van der Waals surface area contributed by atoms with Crippen LogP contribution in [0.4, 0.5) is 0 Å². The molecule has 1 N–H and O–H groups in total. The van der Waals surface area contributed by atoms with E-state index in [-0.39, 0.29) is 17.7 Å². The molecule has 0 atom stereocenters. The summed E-state index contributed by atoms with van der Waals surface area (Å²) in [5.41, 5.74) is 0. The third-order valence-electron chi connectivity index (χ3n) is 1.73. The van der Waals surface area contributed by atoms with E-state index in [1.54, 1.807) is 6.08 Å². The minimum absolute atomic E-state index is 0.159. The zero-order chi connectivity index (χ0) is 8.27. The van der Waals surface area contributed by atoms with Crippen molar-refractivity contribution in [3.8, 4) is 0 Å². The number of imide groups is 1. The van der Waals surface area contributed by atoms with Gasteiger partial charge in [-0.15, -0.1) is 6.58 Å². The molecule has 2 amide bonds. The molecule has 60 valence electrons. The lowest BCUT2D eigenvalue weighted by atomic mass is 9.94. The molecule has 0 radical (unpaired) electrons. The van der Waals surface area contributed by atoms with Gasteiger partial charge in [0.1, 0.15) is 0 Å². The van der Waals surface area contributed by atoms with E-state index in [0.29, 0.717) is 12.8 Å². The number of hydrogen-bond donors (Lipinski definition) is 1. The highest BCUT2D eigenvalue weighted by molar-refractivity contribution is 5.97. The van der Waals surface area contributed by atoms with Crippen LogP contribution >= 0.6 is 0 Å². The molecule has 1 heterocycles. The van der Waals surface area contributed by atoms with E-state index in [1.807, 2.05) is 0 Å². The van der Waals surface area contributed by atoms with Gasteiger partial charge in [-0.05, 0) is 12.3 Å². The smallest absolute Gasteiger partial charge is 0.226 e. The fraction of sp³-hybridized carbons (Fsp3) is 0.500. The summed E-state index contributed by atoms with van der Waals surface area (Å²) in [5.74, 6) is -0.144. The Labute approximate surface area is 65.5 Å². The highest BCUT2D eigenvalue weighted by atomic mass is 16.2. The van der Waals surface area contributed by atoms with Crippen LogP contribution in [0, 0.1) is 5.92 Å². The molecule has 0 unspecified atom stereocenters. The maximum Gasteiger partial charge on any atom is 0.226 e. The summed E-state index contributed by atoms with van der Waals surface area (Å²) < 4.78 is 0. The van der Waals surface area contributed by atoms with E-state index in [1.165, 1.54) is 0 Å². The quantitative estimate of drug-likeness (QED) is 0.467. The van der Waals surface area contributed by atoms with Gasteiger partial charge in [-0.25, -0.2) is 0 Å². The molecule has 1 aliphatic heterocycles. The Morgan fingerprint density at radius 1 is 1.45 bits per heavy atom. The average Bonchev–Trinajstić information content (AvgIpc) is 1.85. The zero-order valence-electron chi connectivity index (χ0n) is 6.30. The van der Waals surface area contributed by atoms with E-state index in [9.17, 15) is 9.59 Å². The molecular formula is C8H11NO2. The highest BCUT2D eigenvalue weighted by Crippen LogP contribution is 2.17. The third kappa shape index (κ3) is 2.18. The van der Waals surface area contributed by atoms with Gasteiger partial charge in [0.25, 0.3) is 0 Å². The van der Waals surface area contributed by atoms with Crippen molar-refractivity contribution in [2.24, 2.45) is 5.92 Å². The summed E-state index contributed by atoms with van der Waals surface area (Å²) in [6, 6.07) is 0. The summed E-state index contributed by atoms with van der Waals surface area (Å²) in [4.78, 5) is 21.6. The van der Waals surface area contributed by atoms with Gasteiger partial charge < -0.3 is 0 Å². The molecule has 0 aliphatic carbocycles. The van der Waals surface area contributed by atoms with Crippen LogP contribution < -0.4 is 5.32 Å². The maximum atomic E-state index is 10.8. The Morgan fingerprint density at radius 3 is 2.45 bits per heavy atom. The van der Waals surface area contributed by atoms with Gasteiger partial charge in [0.05, 0.1) is 0 Å². The van der Waals surface area contributed by atoms with E-state index in [0.717, 1.165) is 6.42 Å². The van der Waals surface area contributed by atoms with Gasteiger partial charge in [-0.3, -0.25) is 14.9 Å². The second-order valence-corrected chi connectivity index (χ2v) is 2.77. The fourth-order valence-electron chi connectivity index (χ4n) is 1.26. The molecule has 11 heavy (non-hydrogen) atoms. The van der Waals surface area contributed by atoms with Crippen molar-refractivity contribution in [1.82, 2.24) is 5.32 Å². The minimum Gasteiger partial charge on any atom is -0.296 e. The number of carbonyl (C=O) groups excluding carboxylic acids is 2. The molecule has 1 rings (SSSR count). The van der Waals surface area contributed by atoms with Crippen molar-refractivity contribution < 1.29 is 9.59 Å². The first kappa shape index (κ1) is 7.98. The molecular weight excluding hydrogens is 142 g/mol. The normalized spacial score (nSPS) is 19.6. The number of piperidine rings is 1. The third-order valence-corrected chi connectivity index (χ3v) is 1.73. The number of amides is 2. The highest BCUT2D eigenvalue weighted by Gasteiger charge is 2.23. The van der Waals surface area contributed by atoms with Crippen molar-refractivity contribution in [2.45, 2.75) is 19.3 Å². The molecule has 0 spiro atoms. The number of allylic oxidation sites excluding steroid dienone is 1. The van der Waals surface area contributed by atoms with Crippen LogP contribution in [0.2, 0.25) is 0 Å². The number of hydrogen-bond acceptors (Lipinski definition) is 2. The van der Waals surface area contributed by atoms with E-state index in [4.69, 9.17) is 0 Å². The van der Waals surface area contributed by atoms with Gasteiger partial charge in [-0.1, -0.05) is 6.08 Å². The van der Waals surface area contributed by atoms with Crippen LogP contribution in [0.15, 0.2) is 12.7 Å². The van der Waals surface area contributed by atoms with Crippen LogP contribution in [0.25, 0.3) is 0 Å². The van der Waals surface area contributed by atoms with Crippen LogP contribution in [0.5, 0.6) is 0 Å². The number of nitrogens with one attached hydrogen (secondary N) is 1. The lowest BCUT2D eigenvalue weighted by molar-refractivity contribution is -0.134. The van der Waals surface area contributed by atoms with Gasteiger partial charge in [-0.2, -0.15) is 0 Å². The summed E-state index contributed by atoms with van der Waals surface area (Å²) in [7, 11) is 0. The Balaban J connectivity index is 2.49. The second-order valence-electron chi connectivity index (χ2n) is 2.77. The Kier molecular flexibility index (Phi) is 2.41. The van der Waals surface area contributed by atoms with Crippen molar-refractivity contribution >= 4 is 11.8 Å². The topological polar surface area (TPSA) is 46.2 Å². The number of rotatable bonds is 2. The minimum atomic E-state index is -0.159. The van der Waals surface area contributed by atoms with Gasteiger partial charge >= 0.3 is 0 Å². The first-order valence-electron chi connectivity index (χ1n) is 3.66. The summed E-state index contributed by atoms with van der Waals surface area (Å²) >= 11 is 0. The Morgan fingerprint density at radius 2 is 2.00 bits per heavy atom. The molecule has 0 aromatic heterocycles. The number of carbonyl (C=O) groups is 2. The van der Waals surface area contributed by atoms with Crippen molar-refractivity contribution in [3.63, 3.8) is 0 Å². The second kappa shape index (κ2) is 3.32. The van der Waals surface area contributed by atoms with E-state index in [2.05, 4.69) is 11.9 Å². The van der Waals surface area contributed by atoms with Crippen LogP contribution in [0.3, 0.4) is 0 Å². The standard InChI is InChI=1S/C8H11NO2/c1-2-3-6-4-7(10)9-8(11)5-6/h2,6H,1,3-5H2,(H,9,10,11). The van der Waals surface area contributed by atoms with Crippen molar-refractivity contribution in [3.05, 3.63) is 12.7 Å². The van der Waals surface area contributed by atoms with Crippen molar-refractivity contribution in [2.75, 3.05) is 0 Å². The largest absolute Gasteiger partial charge is 0.296 e. The molecule has 3 heteroatoms. The molecule has 0 aromatic carbocycles. The van der Waals surface area contributed by atoms with Gasteiger partial charge in [0.2, 0.25) is 11.8 Å². The molecule has 0 bridgehead atoms. The van der Waals surface area contributed by atoms with E-state index < -0.39 is 0 Å². The zero-order valence-corrected chi connectivity index (χ0v) is 6.30. The SMILES string of the molecule is C=CCC1CC(=O)NC(=O)C1. The molecule has 3 nitrogen and oxygen atoms in total. The monoisotopic (exact) mass is 153 g/mol. The lowest BCUT2D eigenvalue weighted by Gasteiger charge is -2.18. The Hall–Kier alpha value is -1.12. The summed E-state index contributed by atoms with van der Waals surface area (Å²) in [6.45, 7) is 3.56. The predicted molar refractivity (Wildman–Crippen MR) is 40.7 cm³/mol. The van der Waals surface area contributed by atoms with Crippen LogP contribution in [-0.2, 0) is 9.59 Å². The van der Waals surface area contributed by atoms with Gasteiger partial charge in [0.15, 0.2) is 0 Å². The summed E-state index contributed by atoms with van der Waals surface area (Å²) in [5, 5.41) is 2.26. The summed E-state index contributed by atoms with van der Waals surface area (Å²) in [6.07, 6.45) is 3.41. The first-order chi connectivity index (χ1) is 5.22. The first-order valence-corrected chi connectivity index (χ1v) is 3.66. The van der Waals surface area contributed by atoms with E-state index >= 15 is 0 Å². The molecule has 0 aromatic rings. The molecule has 1 aliphatic rings.